The van der Waals surface area contributed by atoms with Crippen LogP contribution in [-0.2, 0) is 4.74 Å². The molecule has 6 N–H and O–H groups in total. The summed E-state index contributed by atoms with van der Waals surface area (Å²) in [6.45, 7) is 4.79. The first-order chi connectivity index (χ1) is 16.0. The molecule has 176 valence electrons. The van der Waals surface area contributed by atoms with E-state index in [1.165, 1.54) is 12.1 Å². The van der Waals surface area contributed by atoms with Gasteiger partial charge in [0.05, 0.1) is 42.2 Å². The third-order valence-corrected chi connectivity index (χ3v) is 5.75. The van der Waals surface area contributed by atoms with E-state index in [-0.39, 0.29) is 40.4 Å². The van der Waals surface area contributed by atoms with E-state index in [4.69, 9.17) is 9.84 Å². The van der Waals surface area contributed by atoms with Gasteiger partial charge in [-0.25, -0.2) is 0 Å². The Balaban J connectivity index is 1.66. The number of fused-ring (bicyclic) bond motifs is 2. The molecule has 4 rings (SSSR count). The smallest absolute Gasteiger partial charge is 0.200 e. The van der Waals surface area contributed by atoms with Crippen LogP contribution in [0.1, 0.15) is 31.8 Å². The largest absolute Gasteiger partial charge is 0.507 e. The summed E-state index contributed by atoms with van der Waals surface area (Å²) in [5, 5.41) is 39.0. The van der Waals surface area contributed by atoms with E-state index >= 15 is 0 Å². The molecular weight excluding hydrogens is 428 g/mol. The van der Waals surface area contributed by atoms with Gasteiger partial charge >= 0.3 is 0 Å². The Bertz CT molecular complexity index is 1050. The number of nitrogens with one attached hydrogen (secondary N) is 3. The molecule has 1 fully saturated rings. The van der Waals surface area contributed by atoms with Crippen molar-refractivity contribution in [1.82, 2.24) is 10.2 Å². The second kappa shape index (κ2) is 10.2. The maximum absolute atomic E-state index is 13.5. The van der Waals surface area contributed by atoms with Gasteiger partial charge in [-0.15, -0.1) is 0 Å². The molecule has 0 spiro atoms. The summed E-state index contributed by atoms with van der Waals surface area (Å²) in [5.41, 5.74) is 0.886. The highest BCUT2D eigenvalue weighted by Crippen LogP contribution is 2.42. The van der Waals surface area contributed by atoms with Crippen molar-refractivity contribution in [1.29, 1.82) is 0 Å². The molecular formula is C23H28N4O6. The molecule has 0 unspecified atom stereocenters. The van der Waals surface area contributed by atoms with Gasteiger partial charge < -0.3 is 36.0 Å². The van der Waals surface area contributed by atoms with Crippen LogP contribution in [-0.4, -0.2) is 91.0 Å². The number of aromatic hydroxyl groups is 2. The van der Waals surface area contributed by atoms with Crippen LogP contribution >= 0.6 is 0 Å². The number of nitrogens with zero attached hydrogens (tertiary/aromatic N) is 1. The Morgan fingerprint density at radius 1 is 0.818 bits per heavy atom. The number of phenols is 2. The SMILES string of the molecule is O=C1c2c(O)ccc(O)c2C(=O)c2c(NCCN3CCOC3)ccc(NCCNCCO)c21. The average molecular weight is 456 g/mol. The minimum atomic E-state index is -0.532. The Morgan fingerprint density at radius 3 is 1.97 bits per heavy atom. The molecule has 0 amide bonds. The van der Waals surface area contributed by atoms with Crippen LogP contribution in [0, 0.1) is 0 Å². The van der Waals surface area contributed by atoms with Crippen LogP contribution in [0.4, 0.5) is 11.4 Å². The van der Waals surface area contributed by atoms with Gasteiger partial charge in [-0.2, -0.15) is 0 Å². The highest BCUT2D eigenvalue weighted by molar-refractivity contribution is 6.33. The lowest BCUT2D eigenvalue weighted by Crippen LogP contribution is -2.29. The van der Waals surface area contributed by atoms with Crippen molar-refractivity contribution in [3.63, 3.8) is 0 Å². The minimum Gasteiger partial charge on any atom is -0.507 e. The van der Waals surface area contributed by atoms with Crippen molar-refractivity contribution >= 4 is 22.9 Å². The number of hydrogen-bond donors (Lipinski definition) is 6. The number of ketones is 2. The predicted molar refractivity (Wildman–Crippen MR) is 122 cm³/mol. The van der Waals surface area contributed by atoms with Crippen LogP contribution in [0.25, 0.3) is 0 Å². The first-order valence-electron chi connectivity index (χ1n) is 10.9. The van der Waals surface area contributed by atoms with Crippen LogP contribution < -0.4 is 16.0 Å². The fourth-order valence-electron chi connectivity index (χ4n) is 4.13. The van der Waals surface area contributed by atoms with E-state index in [1.54, 1.807) is 12.1 Å². The van der Waals surface area contributed by atoms with Gasteiger partial charge in [-0.05, 0) is 24.3 Å². The standard InChI is InChI=1S/C23H28N4O6/c28-11-8-24-5-6-25-14-1-2-15(26-7-9-27-10-12-33-13-27)19-18(14)22(31)20-16(29)3-4-17(30)21(20)23(19)32/h1-4,24-26,28-30H,5-13H2. The number of benzene rings is 2. The fraction of sp³-hybridized carbons (Fsp3) is 0.391. The molecule has 2 aliphatic rings. The molecule has 0 radical (unpaired) electrons. The molecule has 1 saturated heterocycles. The van der Waals surface area contributed by atoms with E-state index in [2.05, 4.69) is 20.9 Å². The summed E-state index contributed by atoms with van der Waals surface area (Å²) in [5.74, 6) is -1.76. The van der Waals surface area contributed by atoms with E-state index < -0.39 is 11.6 Å². The molecule has 1 aliphatic carbocycles. The third kappa shape index (κ3) is 4.64. The van der Waals surface area contributed by atoms with Crippen LogP contribution in [0.15, 0.2) is 24.3 Å². The molecule has 0 bridgehead atoms. The molecule has 0 aromatic heterocycles. The Kier molecular flexibility index (Phi) is 7.09. The lowest BCUT2D eigenvalue weighted by molar-refractivity contribution is 0.0975. The molecule has 1 heterocycles. The van der Waals surface area contributed by atoms with Gasteiger partial charge in [0, 0.05) is 50.6 Å². The Labute approximate surface area is 191 Å². The molecule has 2 aromatic carbocycles. The average Bonchev–Trinajstić information content (AvgIpc) is 3.32. The van der Waals surface area contributed by atoms with Crippen molar-refractivity contribution < 1.29 is 29.6 Å². The number of ether oxygens (including phenoxy) is 1. The van der Waals surface area contributed by atoms with E-state index in [1.807, 2.05) is 0 Å². The zero-order valence-corrected chi connectivity index (χ0v) is 18.2. The predicted octanol–water partition coefficient (Wildman–Crippen LogP) is 0.569. The highest BCUT2D eigenvalue weighted by Gasteiger charge is 2.37. The van der Waals surface area contributed by atoms with E-state index in [0.717, 1.165) is 6.54 Å². The fourth-order valence-corrected chi connectivity index (χ4v) is 4.13. The second-order valence-electron chi connectivity index (χ2n) is 7.91. The number of phenolic OH excluding ortho intramolecular Hbond substituents is 2. The summed E-state index contributed by atoms with van der Waals surface area (Å²) in [6, 6.07) is 5.87. The van der Waals surface area contributed by atoms with E-state index in [9.17, 15) is 19.8 Å². The third-order valence-electron chi connectivity index (χ3n) is 5.75. The second-order valence-corrected chi connectivity index (χ2v) is 7.91. The zero-order valence-electron chi connectivity index (χ0n) is 18.2. The zero-order chi connectivity index (χ0) is 23.4. The van der Waals surface area contributed by atoms with Crippen molar-refractivity contribution in [3.8, 4) is 11.5 Å². The first-order valence-corrected chi connectivity index (χ1v) is 10.9. The van der Waals surface area contributed by atoms with Gasteiger partial charge in [0.25, 0.3) is 0 Å². The number of carbonyl (C=O) groups is 2. The van der Waals surface area contributed by atoms with Gasteiger partial charge in [0.15, 0.2) is 0 Å². The van der Waals surface area contributed by atoms with Crippen LogP contribution in [0.3, 0.4) is 0 Å². The summed E-state index contributed by atoms with van der Waals surface area (Å²) >= 11 is 0. The monoisotopic (exact) mass is 456 g/mol. The topological polar surface area (TPSA) is 143 Å². The summed E-state index contributed by atoms with van der Waals surface area (Å²) in [4.78, 5) is 29.1. The number of anilines is 2. The summed E-state index contributed by atoms with van der Waals surface area (Å²) < 4.78 is 5.34. The number of aliphatic hydroxyl groups excluding tert-OH is 1. The number of rotatable bonds is 10. The van der Waals surface area contributed by atoms with E-state index in [0.29, 0.717) is 57.4 Å². The van der Waals surface area contributed by atoms with Crippen molar-refractivity contribution in [2.45, 2.75) is 0 Å². The minimum absolute atomic E-state index is 0.0197. The maximum atomic E-state index is 13.5. The van der Waals surface area contributed by atoms with Crippen molar-refractivity contribution in [2.24, 2.45) is 0 Å². The molecule has 0 saturated carbocycles. The van der Waals surface area contributed by atoms with Gasteiger partial charge in [-0.1, -0.05) is 0 Å². The van der Waals surface area contributed by atoms with Crippen LogP contribution in [0.5, 0.6) is 11.5 Å². The quantitative estimate of drug-likeness (QED) is 0.189. The van der Waals surface area contributed by atoms with Gasteiger partial charge in [-0.3, -0.25) is 14.5 Å². The molecule has 10 heteroatoms. The first kappa shape index (κ1) is 23.0. The molecule has 10 nitrogen and oxygen atoms in total. The summed E-state index contributed by atoms with van der Waals surface area (Å²) in [6.07, 6.45) is 0. The molecule has 1 aliphatic heterocycles. The lowest BCUT2D eigenvalue weighted by Gasteiger charge is -2.25. The molecule has 33 heavy (non-hydrogen) atoms. The number of hydrogen-bond acceptors (Lipinski definition) is 10. The lowest BCUT2D eigenvalue weighted by atomic mass is 9.81. The molecule has 0 atom stereocenters. The Morgan fingerprint density at radius 2 is 1.42 bits per heavy atom. The van der Waals surface area contributed by atoms with Crippen molar-refractivity contribution in [3.05, 3.63) is 46.5 Å². The normalized spacial score (nSPS) is 15.4. The van der Waals surface area contributed by atoms with Crippen LogP contribution in [0.2, 0.25) is 0 Å². The maximum Gasteiger partial charge on any atom is 0.200 e. The molecule has 2 aromatic rings. The highest BCUT2D eigenvalue weighted by atomic mass is 16.5. The van der Waals surface area contributed by atoms with Gasteiger partial charge in [0.2, 0.25) is 11.6 Å². The van der Waals surface area contributed by atoms with Crippen molar-refractivity contribution in [2.75, 3.05) is 69.8 Å². The number of aliphatic hydroxyl groups is 1. The van der Waals surface area contributed by atoms with Gasteiger partial charge in [0.1, 0.15) is 11.5 Å². The number of carbonyl (C=O) groups excluding carboxylic acids is 2. The summed E-state index contributed by atoms with van der Waals surface area (Å²) in [7, 11) is 0. The Hall–Kier alpha value is -3.18.